The average Bonchev–Trinajstić information content (AvgIpc) is 3.22. The Hall–Kier alpha value is -2.41. The van der Waals surface area contributed by atoms with Crippen molar-refractivity contribution in [3.63, 3.8) is 0 Å². The van der Waals surface area contributed by atoms with Crippen LogP contribution in [0.2, 0.25) is 0 Å². The molecule has 1 N–H and O–H groups in total. The van der Waals surface area contributed by atoms with E-state index in [1.165, 1.54) is 0 Å². The predicted octanol–water partition coefficient (Wildman–Crippen LogP) is 1.60. The topological polar surface area (TPSA) is 65.5 Å². The number of thiazole rings is 1. The quantitative estimate of drug-likeness (QED) is 0.909. The van der Waals surface area contributed by atoms with Crippen LogP contribution in [0.15, 0.2) is 29.8 Å². The van der Waals surface area contributed by atoms with Crippen LogP contribution in [0, 0.1) is 0 Å². The number of nitrogens with zero attached hydrogens (tertiary/aromatic N) is 3. The zero-order chi connectivity index (χ0) is 15.8. The number of benzene rings is 1. The summed E-state index contributed by atoms with van der Waals surface area (Å²) in [5.74, 6) is 0.0209. The van der Waals surface area contributed by atoms with Gasteiger partial charge in [0.05, 0.1) is 6.42 Å². The SMILES string of the molecule is O=C1Cc2cc(C(=O)N3CCN(c4nccs4)CC3)ccc2N1. The number of hydrogen-bond donors (Lipinski definition) is 1. The summed E-state index contributed by atoms with van der Waals surface area (Å²) >= 11 is 1.62. The highest BCUT2D eigenvalue weighted by Crippen LogP contribution is 2.25. The maximum atomic E-state index is 12.7. The Labute approximate surface area is 137 Å². The monoisotopic (exact) mass is 328 g/mol. The number of hydrogen-bond acceptors (Lipinski definition) is 5. The van der Waals surface area contributed by atoms with Gasteiger partial charge in [-0.1, -0.05) is 0 Å². The molecular formula is C16H16N4O2S. The van der Waals surface area contributed by atoms with Gasteiger partial charge in [0.2, 0.25) is 5.91 Å². The largest absolute Gasteiger partial charge is 0.345 e. The second-order valence-corrected chi connectivity index (χ2v) is 6.56. The van der Waals surface area contributed by atoms with Gasteiger partial charge in [-0.15, -0.1) is 11.3 Å². The van der Waals surface area contributed by atoms with Gasteiger partial charge in [0.15, 0.2) is 5.13 Å². The number of carbonyl (C=O) groups excluding carboxylic acids is 2. The van der Waals surface area contributed by atoms with Crippen LogP contribution in [0.25, 0.3) is 0 Å². The van der Waals surface area contributed by atoms with E-state index in [0.29, 0.717) is 25.1 Å². The van der Waals surface area contributed by atoms with Crippen molar-refractivity contribution >= 4 is 34.0 Å². The molecule has 1 saturated heterocycles. The summed E-state index contributed by atoms with van der Waals surface area (Å²) in [6.07, 6.45) is 2.16. The van der Waals surface area contributed by atoms with E-state index in [4.69, 9.17) is 0 Å². The van der Waals surface area contributed by atoms with Gasteiger partial charge in [0, 0.05) is 49.0 Å². The van der Waals surface area contributed by atoms with Crippen molar-refractivity contribution in [3.8, 4) is 0 Å². The zero-order valence-electron chi connectivity index (χ0n) is 12.5. The fourth-order valence-electron chi connectivity index (χ4n) is 3.02. The molecule has 4 rings (SSSR count). The Morgan fingerprint density at radius 1 is 1.22 bits per heavy atom. The first-order chi connectivity index (χ1) is 11.2. The molecular weight excluding hydrogens is 312 g/mol. The molecule has 0 atom stereocenters. The van der Waals surface area contributed by atoms with Crippen molar-refractivity contribution in [1.82, 2.24) is 9.88 Å². The van der Waals surface area contributed by atoms with Gasteiger partial charge in [-0.05, 0) is 23.8 Å². The number of carbonyl (C=O) groups is 2. The van der Waals surface area contributed by atoms with E-state index in [-0.39, 0.29) is 11.8 Å². The van der Waals surface area contributed by atoms with Crippen molar-refractivity contribution < 1.29 is 9.59 Å². The molecule has 23 heavy (non-hydrogen) atoms. The van der Waals surface area contributed by atoms with Crippen molar-refractivity contribution in [2.75, 3.05) is 36.4 Å². The summed E-state index contributed by atoms with van der Waals surface area (Å²) in [5.41, 5.74) is 2.38. The Morgan fingerprint density at radius 2 is 2.04 bits per heavy atom. The summed E-state index contributed by atoms with van der Waals surface area (Å²) < 4.78 is 0. The Morgan fingerprint density at radius 3 is 2.78 bits per heavy atom. The standard InChI is InChI=1S/C16H16N4O2S/c21-14-10-12-9-11(1-2-13(12)18-14)15(22)19-4-6-20(7-5-19)16-17-3-8-23-16/h1-3,8-9H,4-7,10H2,(H,18,21). The lowest BCUT2D eigenvalue weighted by Crippen LogP contribution is -2.48. The minimum Gasteiger partial charge on any atom is -0.345 e. The fourth-order valence-corrected chi connectivity index (χ4v) is 3.71. The smallest absolute Gasteiger partial charge is 0.253 e. The van der Waals surface area contributed by atoms with Gasteiger partial charge in [-0.2, -0.15) is 0 Å². The lowest BCUT2D eigenvalue weighted by Gasteiger charge is -2.34. The third kappa shape index (κ3) is 2.68. The molecule has 118 valence electrons. The van der Waals surface area contributed by atoms with Crippen LogP contribution in [0.3, 0.4) is 0 Å². The van der Waals surface area contributed by atoms with Crippen molar-refractivity contribution in [1.29, 1.82) is 0 Å². The highest BCUT2D eigenvalue weighted by Gasteiger charge is 2.25. The van der Waals surface area contributed by atoms with Crippen LogP contribution in [0.1, 0.15) is 15.9 Å². The first kappa shape index (κ1) is 14.2. The second-order valence-electron chi connectivity index (χ2n) is 5.69. The molecule has 7 heteroatoms. The fraction of sp³-hybridized carbons (Fsp3) is 0.312. The van der Waals surface area contributed by atoms with Crippen molar-refractivity contribution in [2.45, 2.75) is 6.42 Å². The van der Waals surface area contributed by atoms with E-state index in [1.807, 2.05) is 22.4 Å². The molecule has 2 aliphatic rings. The highest BCUT2D eigenvalue weighted by molar-refractivity contribution is 7.13. The van der Waals surface area contributed by atoms with Gasteiger partial charge in [0.1, 0.15) is 0 Å². The van der Waals surface area contributed by atoms with Gasteiger partial charge in [-0.3, -0.25) is 9.59 Å². The first-order valence-electron chi connectivity index (χ1n) is 7.57. The molecule has 1 aromatic heterocycles. The molecule has 3 heterocycles. The summed E-state index contributed by atoms with van der Waals surface area (Å²) in [6.45, 7) is 2.97. The third-order valence-electron chi connectivity index (χ3n) is 4.23. The third-order valence-corrected chi connectivity index (χ3v) is 5.07. The molecule has 6 nitrogen and oxygen atoms in total. The molecule has 2 aromatic rings. The van der Waals surface area contributed by atoms with E-state index < -0.39 is 0 Å². The highest BCUT2D eigenvalue weighted by atomic mass is 32.1. The number of fused-ring (bicyclic) bond motifs is 1. The summed E-state index contributed by atoms with van der Waals surface area (Å²) in [5, 5.41) is 5.77. The van der Waals surface area contributed by atoms with Crippen LogP contribution >= 0.6 is 11.3 Å². The normalized spacial score (nSPS) is 17.1. The second kappa shape index (κ2) is 5.66. The molecule has 2 amide bonds. The maximum absolute atomic E-state index is 12.7. The Bertz CT molecular complexity index is 751. The molecule has 2 aliphatic heterocycles. The van der Waals surface area contributed by atoms with Gasteiger partial charge < -0.3 is 15.1 Å². The van der Waals surface area contributed by atoms with E-state index in [9.17, 15) is 9.59 Å². The summed E-state index contributed by atoms with van der Waals surface area (Å²) in [4.78, 5) is 32.5. The Balaban J connectivity index is 1.44. The van der Waals surface area contributed by atoms with E-state index >= 15 is 0 Å². The number of piperazine rings is 1. The number of rotatable bonds is 2. The van der Waals surface area contributed by atoms with E-state index in [2.05, 4.69) is 15.2 Å². The maximum Gasteiger partial charge on any atom is 0.253 e. The molecule has 0 bridgehead atoms. The van der Waals surface area contributed by atoms with Crippen LogP contribution in [-0.2, 0) is 11.2 Å². The van der Waals surface area contributed by atoms with E-state index in [0.717, 1.165) is 29.5 Å². The summed E-state index contributed by atoms with van der Waals surface area (Å²) in [6, 6.07) is 5.45. The van der Waals surface area contributed by atoms with Crippen molar-refractivity contribution in [3.05, 3.63) is 40.9 Å². The molecule has 0 spiro atoms. The predicted molar refractivity (Wildman–Crippen MR) is 89.0 cm³/mol. The van der Waals surface area contributed by atoms with Gasteiger partial charge in [0.25, 0.3) is 5.91 Å². The average molecular weight is 328 g/mol. The van der Waals surface area contributed by atoms with Crippen LogP contribution in [0.5, 0.6) is 0 Å². The molecule has 0 aliphatic carbocycles. The number of amides is 2. The molecule has 1 fully saturated rings. The number of aromatic nitrogens is 1. The van der Waals surface area contributed by atoms with E-state index in [1.54, 1.807) is 23.6 Å². The van der Waals surface area contributed by atoms with Gasteiger partial charge >= 0.3 is 0 Å². The molecule has 0 unspecified atom stereocenters. The van der Waals surface area contributed by atoms with Crippen LogP contribution in [-0.4, -0.2) is 47.9 Å². The van der Waals surface area contributed by atoms with Crippen LogP contribution < -0.4 is 10.2 Å². The van der Waals surface area contributed by atoms with Crippen molar-refractivity contribution in [2.24, 2.45) is 0 Å². The minimum atomic E-state index is -0.0124. The lowest BCUT2D eigenvalue weighted by atomic mass is 10.1. The lowest BCUT2D eigenvalue weighted by molar-refractivity contribution is -0.115. The zero-order valence-corrected chi connectivity index (χ0v) is 13.3. The number of nitrogens with one attached hydrogen (secondary N) is 1. The first-order valence-corrected chi connectivity index (χ1v) is 8.45. The molecule has 0 saturated carbocycles. The minimum absolute atomic E-state index is 0.0124. The number of anilines is 2. The Kier molecular flexibility index (Phi) is 3.49. The molecule has 1 aromatic carbocycles. The van der Waals surface area contributed by atoms with Gasteiger partial charge in [-0.25, -0.2) is 4.98 Å². The molecule has 0 radical (unpaired) electrons. The van der Waals surface area contributed by atoms with Crippen LogP contribution in [0.4, 0.5) is 10.8 Å². The summed E-state index contributed by atoms with van der Waals surface area (Å²) in [7, 11) is 0.